The summed E-state index contributed by atoms with van der Waals surface area (Å²) in [6.07, 6.45) is 0. The zero-order valence-corrected chi connectivity index (χ0v) is 17.2. The Kier molecular flexibility index (Phi) is 5.50. The summed E-state index contributed by atoms with van der Waals surface area (Å²) in [6.45, 7) is 1.96. The first-order valence-electron chi connectivity index (χ1n) is 9.30. The minimum Gasteiger partial charge on any atom is -0.495 e. The van der Waals surface area contributed by atoms with Crippen molar-refractivity contribution in [3.63, 3.8) is 0 Å². The van der Waals surface area contributed by atoms with E-state index >= 15 is 0 Å². The Bertz CT molecular complexity index is 1210. The van der Waals surface area contributed by atoms with Gasteiger partial charge in [-0.05, 0) is 36.8 Å². The molecule has 0 aliphatic heterocycles. The van der Waals surface area contributed by atoms with Gasteiger partial charge in [0, 0.05) is 10.6 Å². The lowest BCUT2D eigenvalue weighted by Crippen LogP contribution is -2.15. The molecule has 1 aromatic heterocycles. The molecule has 0 aliphatic carbocycles. The van der Waals surface area contributed by atoms with Crippen LogP contribution in [0.25, 0.3) is 17.1 Å². The van der Waals surface area contributed by atoms with Crippen LogP contribution in [0.4, 0.5) is 5.69 Å². The van der Waals surface area contributed by atoms with Crippen LogP contribution < -0.4 is 10.1 Å². The molecule has 4 aromatic rings. The molecule has 4 rings (SSSR count). The first-order chi connectivity index (χ1) is 14.6. The molecule has 6 nitrogen and oxygen atoms in total. The summed E-state index contributed by atoms with van der Waals surface area (Å²) in [5.41, 5.74) is 3.09. The van der Waals surface area contributed by atoms with Crippen LogP contribution in [-0.2, 0) is 0 Å². The number of nitrogens with zero attached hydrogens (tertiary/aromatic N) is 3. The van der Waals surface area contributed by atoms with E-state index in [-0.39, 0.29) is 5.82 Å². The van der Waals surface area contributed by atoms with Crippen LogP contribution in [0.5, 0.6) is 5.75 Å². The molecule has 0 saturated heterocycles. The third-order valence-electron chi connectivity index (χ3n) is 4.60. The third kappa shape index (κ3) is 3.90. The summed E-state index contributed by atoms with van der Waals surface area (Å²) >= 11 is 6.22. The molecule has 0 unspecified atom stereocenters. The van der Waals surface area contributed by atoms with Gasteiger partial charge in [-0.3, -0.25) is 4.79 Å². The first-order valence-corrected chi connectivity index (χ1v) is 9.68. The highest BCUT2D eigenvalue weighted by Crippen LogP contribution is 2.27. The SMILES string of the molecule is COc1ccccc1NC(=O)c1nc(-c2ccccc2)n(-c2cc(Cl)ccc2C)n1. The van der Waals surface area contributed by atoms with E-state index in [1.54, 1.807) is 30.0 Å². The number of benzene rings is 3. The Morgan fingerprint density at radius 3 is 2.53 bits per heavy atom. The second-order valence-electron chi connectivity index (χ2n) is 6.62. The molecule has 0 saturated carbocycles. The van der Waals surface area contributed by atoms with Crippen molar-refractivity contribution in [2.24, 2.45) is 0 Å². The molecule has 1 N–H and O–H groups in total. The predicted octanol–water partition coefficient (Wildman–Crippen LogP) is 5.16. The fraction of sp³-hybridized carbons (Fsp3) is 0.0870. The van der Waals surface area contributed by atoms with Gasteiger partial charge in [0.2, 0.25) is 5.82 Å². The molecule has 0 atom stereocenters. The van der Waals surface area contributed by atoms with E-state index in [4.69, 9.17) is 16.3 Å². The molecule has 0 radical (unpaired) electrons. The van der Waals surface area contributed by atoms with Crippen molar-refractivity contribution in [3.8, 4) is 22.8 Å². The van der Waals surface area contributed by atoms with Crippen molar-refractivity contribution in [2.75, 3.05) is 12.4 Å². The van der Waals surface area contributed by atoms with Crippen molar-refractivity contribution in [1.29, 1.82) is 0 Å². The zero-order valence-electron chi connectivity index (χ0n) is 16.5. The Balaban J connectivity index is 1.79. The Morgan fingerprint density at radius 2 is 1.77 bits per heavy atom. The van der Waals surface area contributed by atoms with Crippen LogP contribution in [0.2, 0.25) is 5.02 Å². The molecule has 0 fully saturated rings. The Hall–Kier alpha value is -3.64. The number of nitrogens with one attached hydrogen (secondary N) is 1. The lowest BCUT2D eigenvalue weighted by atomic mass is 10.2. The number of rotatable bonds is 5. The van der Waals surface area contributed by atoms with Gasteiger partial charge in [0.15, 0.2) is 5.82 Å². The normalized spacial score (nSPS) is 10.6. The summed E-state index contributed by atoms with van der Waals surface area (Å²) in [5, 5.41) is 7.90. The van der Waals surface area contributed by atoms with Crippen LogP contribution in [0, 0.1) is 6.92 Å². The molecule has 0 spiro atoms. The topological polar surface area (TPSA) is 69.0 Å². The van der Waals surface area contributed by atoms with Crippen LogP contribution in [0.1, 0.15) is 16.2 Å². The largest absolute Gasteiger partial charge is 0.495 e. The monoisotopic (exact) mass is 418 g/mol. The zero-order chi connectivity index (χ0) is 21.1. The fourth-order valence-corrected chi connectivity index (χ4v) is 3.25. The van der Waals surface area contributed by atoms with Gasteiger partial charge in [0.25, 0.3) is 5.91 Å². The van der Waals surface area contributed by atoms with Crippen molar-refractivity contribution in [1.82, 2.24) is 14.8 Å². The van der Waals surface area contributed by atoms with Crippen molar-refractivity contribution >= 4 is 23.2 Å². The lowest BCUT2D eigenvalue weighted by Gasteiger charge is -2.09. The van der Waals surface area contributed by atoms with Crippen molar-refractivity contribution < 1.29 is 9.53 Å². The summed E-state index contributed by atoms with van der Waals surface area (Å²) < 4.78 is 6.95. The molecular weight excluding hydrogens is 400 g/mol. The third-order valence-corrected chi connectivity index (χ3v) is 4.83. The maximum absolute atomic E-state index is 12.9. The van der Waals surface area contributed by atoms with Gasteiger partial charge in [-0.2, -0.15) is 0 Å². The highest BCUT2D eigenvalue weighted by atomic mass is 35.5. The second kappa shape index (κ2) is 8.39. The number of halogens is 1. The molecule has 0 aliphatic rings. The number of carbonyl (C=O) groups is 1. The summed E-state index contributed by atoms with van der Waals surface area (Å²) in [6, 6.07) is 22.3. The quantitative estimate of drug-likeness (QED) is 0.486. The maximum atomic E-state index is 12.9. The van der Waals surface area contributed by atoms with Gasteiger partial charge in [-0.25, -0.2) is 9.67 Å². The molecule has 1 amide bonds. The molecule has 150 valence electrons. The van der Waals surface area contributed by atoms with E-state index in [1.165, 1.54) is 0 Å². The summed E-state index contributed by atoms with van der Waals surface area (Å²) in [4.78, 5) is 17.5. The lowest BCUT2D eigenvalue weighted by molar-refractivity contribution is 0.101. The second-order valence-corrected chi connectivity index (χ2v) is 7.06. The highest BCUT2D eigenvalue weighted by Gasteiger charge is 2.20. The molecule has 7 heteroatoms. The fourth-order valence-electron chi connectivity index (χ4n) is 3.09. The number of hydrogen-bond donors (Lipinski definition) is 1. The summed E-state index contributed by atoms with van der Waals surface area (Å²) in [7, 11) is 1.55. The van der Waals surface area contributed by atoms with E-state index in [1.807, 2.05) is 61.5 Å². The van der Waals surface area contributed by atoms with Gasteiger partial charge in [0.1, 0.15) is 5.75 Å². The number of amides is 1. The van der Waals surface area contributed by atoms with E-state index in [9.17, 15) is 4.79 Å². The summed E-state index contributed by atoms with van der Waals surface area (Å²) in [5.74, 6) is 0.708. The van der Waals surface area contributed by atoms with Gasteiger partial charge in [-0.1, -0.05) is 60.1 Å². The minimum absolute atomic E-state index is 0.0409. The van der Waals surface area contributed by atoms with Crippen LogP contribution in [0.15, 0.2) is 72.8 Å². The van der Waals surface area contributed by atoms with E-state index in [2.05, 4.69) is 15.4 Å². The number of carbonyl (C=O) groups excluding carboxylic acids is 1. The van der Waals surface area contributed by atoms with Crippen LogP contribution >= 0.6 is 11.6 Å². The van der Waals surface area contributed by atoms with E-state index in [0.717, 1.165) is 16.8 Å². The van der Waals surface area contributed by atoms with Crippen LogP contribution in [-0.4, -0.2) is 27.8 Å². The number of aryl methyl sites for hydroxylation is 1. The molecule has 30 heavy (non-hydrogen) atoms. The standard InChI is InChI=1S/C23H19ClN4O2/c1-15-12-13-17(24)14-19(15)28-22(16-8-4-3-5-9-16)26-21(27-28)23(29)25-18-10-6-7-11-20(18)30-2/h3-14H,1-2H3,(H,25,29). The maximum Gasteiger partial charge on any atom is 0.295 e. The Labute approximate surface area is 179 Å². The van der Waals surface area contributed by atoms with Crippen molar-refractivity contribution in [2.45, 2.75) is 6.92 Å². The average molecular weight is 419 g/mol. The van der Waals surface area contributed by atoms with Crippen molar-refractivity contribution in [3.05, 3.63) is 89.2 Å². The predicted molar refractivity (Wildman–Crippen MR) is 117 cm³/mol. The Morgan fingerprint density at radius 1 is 1.03 bits per heavy atom. The first kappa shape index (κ1) is 19.7. The number of para-hydroxylation sites is 2. The average Bonchev–Trinajstić information content (AvgIpc) is 3.22. The van der Waals surface area contributed by atoms with Gasteiger partial charge >= 0.3 is 0 Å². The molecular formula is C23H19ClN4O2. The number of hydrogen-bond acceptors (Lipinski definition) is 4. The van der Waals surface area contributed by atoms with Gasteiger partial charge in [-0.15, -0.1) is 5.10 Å². The van der Waals surface area contributed by atoms with E-state index < -0.39 is 5.91 Å². The molecule has 3 aromatic carbocycles. The van der Waals surface area contributed by atoms with Gasteiger partial charge < -0.3 is 10.1 Å². The van der Waals surface area contributed by atoms with E-state index in [0.29, 0.717) is 22.3 Å². The number of ether oxygens (including phenoxy) is 1. The highest BCUT2D eigenvalue weighted by molar-refractivity contribution is 6.30. The smallest absolute Gasteiger partial charge is 0.295 e. The van der Waals surface area contributed by atoms with Gasteiger partial charge in [0.05, 0.1) is 18.5 Å². The minimum atomic E-state index is -0.435. The number of aromatic nitrogens is 3. The number of anilines is 1. The van der Waals surface area contributed by atoms with Crippen LogP contribution in [0.3, 0.4) is 0 Å². The molecule has 1 heterocycles. The molecule has 0 bridgehead atoms. The number of methoxy groups -OCH3 is 1.